The lowest BCUT2D eigenvalue weighted by molar-refractivity contribution is -0.131. The monoisotopic (exact) mass is 304 g/mol. The molecule has 21 heavy (non-hydrogen) atoms. The Morgan fingerprint density at radius 1 is 1.29 bits per heavy atom. The first-order valence-electron chi connectivity index (χ1n) is 6.62. The second kappa shape index (κ2) is 7.65. The molecule has 0 aliphatic heterocycles. The Bertz CT molecular complexity index is 501. The van der Waals surface area contributed by atoms with Gasteiger partial charge < -0.3 is 9.64 Å². The molecule has 0 saturated carbocycles. The van der Waals surface area contributed by atoms with Gasteiger partial charge in [0.05, 0.1) is 6.61 Å². The van der Waals surface area contributed by atoms with E-state index in [1.807, 2.05) is 0 Å². The number of rotatable bonds is 7. The lowest BCUT2D eigenvalue weighted by Crippen LogP contribution is -2.34. The van der Waals surface area contributed by atoms with Crippen molar-refractivity contribution in [2.24, 2.45) is 0 Å². The largest absolute Gasteiger partial charge is 0.461 e. The van der Waals surface area contributed by atoms with E-state index in [0.29, 0.717) is 13.1 Å². The standard InChI is InChI=1S/C12H18F2N4O3/c1-4-17(5-2)8(19)7-18-10(11(13)14)9(15-16-18)12(20)21-6-3/h11H,4-7H2,1-3H3. The van der Waals surface area contributed by atoms with E-state index in [4.69, 9.17) is 0 Å². The molecular weight excluding hydrogens is 286 g/mol. The summed E-state index contributed by atoms with van der Waals surface area (Å²) in [6.45, 7) is 5.66. The molecule has 9 heteroatoms. The molecule has 0 unspecified atom stereocenters. The minimum Gasteiger partial charge on any atom is -0.461 e. The molecule has 0 atom stereocenters. The van der Waals surface area contributed by atoms with E-state index in [2.05, 4.69) is 15.0 Å². The fraction of sp³-hybridized carbons (Fsp3) is 0.667. The summed E-state index contributed by atoms with van der Waals surface area (Å²) in [5.41, 5.74) is -1.26. The normalized spacial score (nSPS) is 10.8. The second-order valence-corrected chi connectivity index (χ2v) is 4.07. The number of alkyl halides is 2. The van der Waals surface area contributed by atoms with Crippen LogP contribution in [0.5, 0.6) is 0 Å². The highest BCUT2D eigenvalue weighted by molar-refractivity contribution is 5.88. The summed E-state index contributed by atoms with van der Waals surface area (Å²) in [5, 5.41) is 6.88. The fourth-order valence-electron chi connectivity index (χ4n) is 1.80. The van der Waals surface area contributed by atoms with Gasteiger partial charge in [0, 0.05) is 13.1 Å². The van der Waals surface area contributed by atoms with Gasteiger partial charge in [-0.1, -0.05) is 5.21 Å². The third-order valence-electron chi connectivity index (χ3n) is 2.85. The van der Waals surface area contributed by atoms with Crippen LogP contribution in [0.3, 0.4) is 0 Å². The van der Waals surface area contributed by atoms with Gasteiger partial charge in [0.1, 0.15) is 12.2 Å². The fourth-order valence-corrected chi connectivity index (χ4v) is 1.80. The summed E-state index contributed by atoms with van der Waals surface area (Å²) in [5.74, 6) is -1.35. The molecule has 0 spiro atoms. The van der Waals surface area contributed by atoms with Crippen molar-refractivity contribution in [2.75, 3.05) is 19.7 Å². The molecule has 0 aromatic carbocycles. The number of carbonyl (C=O) groups is 2. The zero-order chi connectivity index (χ0) is 16.0. The smallest absolute Gasteiger partial charge is 0.361 e. The number of likely N-dealkylation sites (N-methyl/N-ethyl adjacent to an activating group) is 1. The first kappa shape index (κ1) is 17.0. The second-order valence-electron chi connectivity index (χ2n) is 4.07. The first-order chi connectivity index (χ1) is 9.96. The van der Waals surface area contributed by atoms with Gasteiger partial charge >= 0.3 is 5.97 Å². The summed E-state index contributed by atoms with van der Waals surface area (Å²) in [7, 11) is 0. The molecule has 0 aliphatic rings. The lowest BCUT2D eigenvalue weighted by Gasteiger charge is -2.18. The molecule has 118 valence electrons. The number of hydrogen-bond acceptors (Lipinski definition) is 5. The summed E-state index contributed by atoms with van der Waals surface area (Å²) in [4.78, 5) is 25.0. The number of amides is 1. The maximum atomic E-state index is 13.1. The van der Waals surface area contributed by atoms with Crippen LogP contribution in [0, 0.1) is 0 Å². The van der Waals surface area contributed by atoms with Crippen molar-refractivity contribution in [3.05, 3.63) is 11.4 Å². The van der Waals surface area contributed by atoms with E-state index in [9.17, 15) is 18.4 Å². The average Bonchev–Trinajstić information content (AvgIpc) is 2.84. The Kier molecular flexibility index (Phi) is 6.19. The number of carbonyl (C=O) groups excluding carboxylic acids is 2. The molecule has 0 N–H and O–H groups in total. The molecule has 0 aliphatic carbocycles. The van der Waals surface area contributed by atoms with Crippen LogP contribution in [-0.4, -0.2) is 51.5 Å². The van der Waals surface area contributed by atoms with Crippen LogP contribution in [0.25, 0.3) is 0 Å². The zero-order valence-electron chi connectivity index (χ0n) is 12.2. The van der Waals surface area contributed by atoms with Crippen molar-refractivity contribution in [2.45, 2.75) is 33.7 Å². The van der Waals surface area contributed by atoms with Gasteiger partial charge in [-0.3, -0.25) is 4.79 Å². The summed E-state index contributed by atoms with van der Waals surface area (Å²) in [6, 6.07) is 0. The number of ether oxygens (including phenoxy) is 1. The minimum absolute atomic E-state index is 0.0345. The van der Waals surface area contributed by atoms with Crippen LogP contribution < -0.4 is 0 Å². The number of hydrogen-bond donors (Lipinski definition) is 0. The van der Waals surface area contributed by atoms with Crippen LogP contribution in [0.1, 0.15) is 43.4 Å². The van der Waals surface area contributed by atoms with Crippen LogP contribution in [0.15, 0.2) is 0 Å². The molecule has 1 rings (SSSR count). The summed E-state index contributed by atoms with van der Waals surface area (Å²) < 4.78 is 31.6. The van der Waals surface area contributed by atoms with Crippen molar-refractivity contribution >= 4 is 11.9 Å². The van der Waals surface area contributed by atoms with Crippen molar-refractivity contribution in [1.82, 2.24) is 19.9 Å². The topological polar surface area (TPSA) is 77.3 Å². The van der Waals surface area contributed by atoms with Crippen LogP contribution in [-0.2, 0) is 16.1 Å². The van der Waals surface area contributed by atoms with Crippen LogP contribution >= 0.6 is 0 Å². The molecule has 0 fully saturated rings. The number of esters is 1. The minimum atomic E-state index is -2.98. The number of nitrogens with zero attached hydrogens (tertiary/aromatic N) is 4. The Balaban J connectivity index is 3.03. The van der Waals surface area contributed by atoms with Crippen molar-refractivity contribution in [3.63, 3.8) is 0 Å². The highest BCUT2D eigenvalue weighted by atomic mass is 19.3. The molecular formula is C12H18F2N4O3. The van der Waals surface area contributed by atoms with Crippen molar-refractivity contribution in [1.29, 1.82) is 0 Å². The Morgan fingerprint density at radius 3 is 2.38 bits per heavy atom. The van der Waals surface area contributed by atoms with Gasteiger partial charge in [-0.05, 0) is 20.8 Å². The molecule has 1 aromatic heterocycles. The SMILES string of the molecule is CCOC(=O)c1nnn(CC(=O)N(CC)CC)c1C(F)F. The maximum Gasteiger partial charge on any atom is 0.361 e. The van der Waals surface area contributed by atoms with E-state index in [-0.39, 0.29) is 12.5 Å². The quantitative estimate of drug-likeness (QED) is 0.709. The third-order valence-corrected chi connectivity index (χ3v) is 2.85. The molecule has 1 aromatic rings. The first-order valence-corrected chi connectivity index (χ1v) is 6.62. The van der Waals surface area contributed by atoms with E-state index >= 15 is 0 Å². The highest BCUT2D eigenvalue weighted by Gasteiger charge is 2.28. The van der Waals surface area contributed by atoms with Gasteiger partial charge in [0.25, 0.3) is 6.43 Å². The van der Waals surface area contributed by atoms with Gasteiger partial charge in [-0.15, -0.1) is 5.10 Å². The Morgan fingerprint density at radius 2 is 1.90 bits per heavy atom. The number of aromatic nitrogens is 3. The van der Waals surface area contributed by atoms with E-state index in [1.165, 1.54) is 4.90 Å². The third kappa shape index (κ3) is 3.96. The van der Waals surface area contributed by atoms with E-state index in [1.54, 1.807) is 20.8 Å². The van der Waals surface area contributed by atoms with Crippen LogP contribution in [0.2, 0.25) is 0 Å². The van der Waals surface area contributed by atoms with Gasteiger partial charge in [0.15, 0.2) is 5.69 Å². The molecule has 1 amide bonds. The molecule has 0 radical (unpaired) electrons. The van der Waals surface area contributed by atoms with E-state index in [0.717, 1.165) is 4.68 Å². The molecule has 1 heterocycles. The number of halogens is 2. The zero-order valence-corrected chi connectivity index (χ0v) is 12.2. The van der Waals surface area contributed by atoms with E-state index < -0.39 is 30.3 Å². The van der Waals surface area contributed by atoms with Gasteiger partial charge in [0.2, 0.25) is 5.91 Å². The average molecular weight is 304 g/mol. The lowest BCUT2D eigenvalue weighted by atomic mass is 10.3. The predicted octanol–water partition coefficient (Wildman–Crippen LogP) is 1.26. The maximum absolute atomic E-state index is 13.1. The molecule has 0 bridgehead atoms. The van der Waals surface area contributed by atoms with Gasteiger partial charge in [-0.2, -0.15) is 0 Å². The Labute approximate surface area is 120 Å². The molecule has 7 nitrogen and oxygen atoms in total. The predicted molar refractivity (Wildman–Crippen MR) is 68.9 cm³/mol. The summed E-state index contributed by atoms with van der Waals surface area (Å²) >= 11 is 0. The van der Waals surface area contributed by atoms with Gasteiger partial charge in [-0.25, -0.2) is 18.3 Å². The van der Waals surface area contributed by atoms with Crippen LogP contribution in [0.4, 0.5) is 8.78 Å². The van der Waals surface area contributed by atoms with Crippen molar-refractivity contribution in [3.8, 4) is 0 Å². The molecule has 0 saturated heterocycles. The summed E-state index contributed by atoms with van der Waals surface area (Å²) in [6.07, 6.45) is -2.98. The Hall–Kier alpha value is -2.06. The highest BCUT2D eigenvalue weighted by Crippen LogP contribution is 2.22. The van der Waals surface area contributed by atoms with Crippen molar-refractivity contribution < 1.29 is 23.1 Å².